The van der Waals surface area contributed by atoms with Crippen LogP contribution < -0.4 is 21.1 Å². The predicted octanol–water partition coefficient (Wildman–Crippen LogP) is 3.03. The first-order chi connectivity index (χ1) is 16.0. The number of aryl methyl sites for hydroxylation is 1. The summed E-state index contributed by atoms with van der Waals surface area (Å²) in [5, 5.41) is 20.5. The number of nitrogens with zero attached hydrogens (tertiary/aromatic N) is 4. The third-order valence-electron chi connectivity index (χ3n) is 4.92. The number of guanidine groups is 1. The first-order valence-electron chi connectivity index (χ1n) is 10.7. The second-order valence-corrected chi connectivity index (χ2v) is 7.43. The lowest BCUT2D eigenvalue weighted by atomic mass is 10.1. The van der Waals surface area contributed by atoms with Gasteiger partial charge in [0.2, 0.25) is 0 Å². The molecule has 3 aromatic rings. The topological polar surface area (TPSA) is 113 Å². The number of halogens is 1. The van der Waals surface area contributed by atoms with Crippen LogP contribution in [0.15, 0.2) is 59.6 Å². The number of aromatic nitrogens is 2. The van der Waals surface area contributed by atoms with E-state index in [4.69, 9.17) is 10.5 Å². The number of benzene rings is 2. The van der Waals surface area contributed by atoms with Crippen LogP contribution in [-0.2, 0) is 6.42 Å². The van der Waals surface area contributed by atoms with Crippen LogP contribution in [0.25, 0.3) is 5.69 Å². The Hall–Kier alpha value is -4.06. The number of rotatable bonds is 9. The van der Waals surface area contributed by atoms with E-state index in [9.17, 15) is 9.65 Å². The minimum atomic E-state index is -0.297. The van der Waals surface area contributed by atoms with Gasteiger partial charge in [0.05, 0.1) is 17.9 Å². The maximum atomic E-state index is 13.0. The molecule has 1 atom stereocenters. The molecule has 0 saturated carbocycles. The monoisotopic (exact) mass is 449 g/mol. The van der Waals surface area contributed by atoms with Crippen LogP contribution in [0.2, 0.25) is 0 Å². The average Bonchev–Trinajstić information content (AvgIpc) is 3.15. The van der Waals surface area contributed by atoms with Gasteiger partial charge in [-0.05, 0) is 56.2 Å². The summed E-state index contributed by atoms with van der Waals surface area (Å²) in [7, 11) is 1.69. The molecule has 0 aliphatic heterocycles. The Morgan fingerprint density at radius 2 is 1.94 bits per heavy atom. The number of hydrogen-bond donors (Lipinski definition) is 3. The Kier molecular flexibility index (Phi) is 8.24. The standard InChI is InChI=1S/C24H28FN7O/c1-17(33-20-12-10-18(25)11-13-20)16-30-24(28-2)29-14-6-9-22-21(15-26)23(27)32(31-22)19-7-4-3-5-8-19/h3-5,7-8,10-13,17H,6,9,14,16,27H2,1-2H3,(H2,28,29,30). The van der Waals surface area contributed by atoms with E-state index in [-0.39, 0.29) is 11.9 Å². The SMILES string of the molecule is CN=C(NCCCc1nn(-c2ccccc2)c(N)c1C#N)NCC(C)Oc1ccc(F)cc1. The zero-order valence-corrected chi connectivity index (χ0v) is 18.8. The van der Waals surface area contributed by atoms with Crippen molar-refractivity contribution in [3.05, 3.63) is 71.7 Å². The summed E-state index contributed by atoms with van der Waals surface area (Å²) >= 11 is 0. The highest BCUT2D eigenvalue weighted by molar-refractivity contribution is 5.79. The zero-order chi connectivity index (χ0) is 23.6. The molecule has 0 amide bonds. The summed E-state index contributed by atoms with van der Waals surface area (Å²) in [6, 6.07) is 17.6. The van der Waals surface area contributed by atoms with Gasteiger partial charge in [-0.3, -0.25) is 4.99 Å². The minimum absolute atomic E-state index is 0.142. The molecule has 1 aromatic heterocycles. The van der Waals surface area contributed by atoms with Gasteiger partial charge in [0, 0.05) is 13.6 Å². The maximum absolute atomic E-state index is 13.0. The molecule has 0 fully saturated rings. The zero-order valence-electron chi connectivity index (χ0n) is 18.8. The normalized spacial score (nSPS) is 12.1. The van der Waals surface area contributed by atoms with Gasteiger partial charge in [0.15, 0.2) is 5.96 Å². The van der Waals surface area contributed by atoms with Gasteiger partial charge in [0.25, 0.3) is 0 Å². The Morgan fingerprint density at radius 3 is 2.61 bits per heavy atom. The van der Waals surface area contributed by atoms with Crippen LogP contribution in [0.5, 0.6) is 5.75 Å². The lowest BCUT2D eigenvalue weighted by Crippen LogP contribution is -2.42. The molecule has 0 saturated heterocycles. The fourth-order valence-electron chi connectivity index (χ4n) is 3.25. The van der Waals surface area contributed by atoms with Gasteiger partial charge in [-0.1, -0.05) is 18.2 Å². The highest BCUT2D eigenvalue weighted by atomic mass is 19.1. The van der Waals surface area contributed by atoms with Crippen molar-refractivity contribution in [3.8, 4) is 17.5 Å². The number of nitrogens with two attached hydrogens (primary N) is 1. The molecule has 8 nitrogen and oxygen atoms in total. The number of aliphatic imine (C=N–C) groups is 1. The van der Waals surface area contributed by atoms with Crippen molar-refractivity contribution in [1.29, 1.82) is 5.26 Å². The van der Waals surface area contributed by atoms with Gasteiger partial charge in [-0.15, -0.1) is 0 Å². The van der Waals surface area contributed by atoms with Crippen LogP contribution in [0.1, 0.15) is 24.6 Å². The molecule has 1 unspecified atom stereocenters. The number of ether oxygens (including phenoxy) is 1. The summed E-state index contributed by atoms with van der Waals surface area (Å²) in [4.78, 5) is 4.21. The molecule has 0 spiro atoms. The molecule has 0 aliphatic rings. The van der Waals surface area contributed by atoms with Crippen LogP contribution in [-0.4, -0.2) is 42.0 Å². The van der Waals surface area contributed by atoms with Gasteiger partial charge in [0.1, 0.15) is 35.1 Å². The second-order valence-electron chi connectivity index (χ2n) is 7.43. The number of nitriles is 1. The summed E-state index contributed by atoms with van der Waals surface area (Å²) in [5.41, 5.74) is 8.05. The number of hydrogen-bond acceptors (Lipinski definition) is 5. The van der Waals surface area contributed by atoms with E-state index < -0.39 is 0 Å². The van der Waals surface area contributed by atoms with Gasteiger partial charge >= 0.3 is 0 Å². The lowest BCUT2D eigenvalue weighted by molar-refractivity contribution is 0.223. The largest absolute Gasteiger partial charge is 0.489 e. The molecule has 0 radical (unpaired) electrons. The summed E-state index contributed by atoms with van der Waals surface area (Å²) < 4.78 is 20.4. The molecule has 1 heterocycles. The second kappa shape index (κ2) is 11.5. The van der Waals surface area contributed by atoms with Crippen LogP contribution in [0.4, 0.5) is 10.2 Å². The highest BCUT2D eigenvalue weighted by Crippen LogP contribution is 2.21. The number of anilines is 1. The fourth-order valence-corrected chi connectivity index (χ4v) is 3.25. The van der Waals surface area contributed by atoms with E-state index in [0.717, 1.165) is 12.1 Å². The summed E-state index contributed by atoms with van der Waals surface area (Å²) in [5.74, 6) is 1.30. The van der Waals surface area contributed by atoms with Crippen LogP contribution in [0.3, 0.4) is 0 Å². The summed E-state index contributed by atoms with van der Waals surface area (Å²) in [6.45, 7) is 3.07. The van der Waals surface area contributed by atoms with Crippen LogP contribution >= 0.6 is 0 Å². The first-order valence-corrected chi connectivity index (χ1v) is 10.7. The molecule has 172 valence electrons. The lowest BCUT2D eigenvalue weighted by Gasteiger charge is -2.17. The molecule has 0 bridgehead atoms. The fraction of sp³-hybridized carbons (Fsp3) is 0.292. The smallest absolute Gasteiger partial charge is 0.191 e. The molecule has 0 aliphatic carbocycles. The third-order valence-corrected chi connectivity index (χ3v) is 4.92. The molecule has 2 aromatic carbocycles. The van der Waals surface area contributed by atoms with Gasteiger partial charge in [-0.2, -0.15) is 10.4 Å². The average molecular weight is 450 g/mol. The van der Waals surface area contributed by atoms with Crippen molar-refractivity contribution in [1.82, 2.24) is 20.4 Å². The Balaban J connectivity index is 1.46. The number of nitrogens with one attached hydrogen (secondary N) is 2. The Morgan fingerprint density at radius 1 is 1.21 bits per heavy atom. The molecule has 9 heteroatoms. The van der Waals surface area contributed by atoms with E-state index in [0.29, 0.717) is 48.3 Å². The number of para-hydroxylation sites is 1. The van der Waals surface area contributed by atoms with Gasteiger partial charge < -0.3 is 21.1 Å². The predicted molar refractivity (Wildman–Crippen MR) is 127 cm³/mol. The van der Waals surface area contributed by atoms with E-state index >= 15 is 0 Å². The van der Waals surface area contributed by atoms with E-state index in [1.165, 1.54) is 12.1 Å². The minimum Gasteiger partial charge on any atom is -0.489 e. The highest BCUT2D eigenvalue weighted by Gasteiger charge is 2.16. The molecular weight excluding hydrogens is 421 g/mol. The van der Waals surface area contributed by atoms with E-state index in [1.54, 1.807) is 23.9 Å². The Labute approximate surface area is 192 Å². The van der Waals surface area contributed by atoms with Crippen LogP contribution in [0, 0.1) is 17.1 Å². The third kappa shape index (κ3) is 6.46. The van der Waals surface area contributed by atoms with E-state index in [2.05, 4.69) is 26.8 Å². The van der Waals surface area contributed by atoms with Crippen molar-refractivity contribution in [3.63, 3.8) is 0 Å². The summed E-state index contributed by atoms with van der Waals surface area (Å²) in [6.07, 6.45) is 1.20. The molecule has 3 rings (SSSR count). The van der Waals surface area contributed by atoms with Crippen molar-refractivity contribution in [2.24, 2.45) is 4.99 Å². The maximum Gasteiger partial charge on any atom is 0.191 e. The van der Waals surface area contributed by atoms with Crippen molar-refractivity contribution < 1.29 is 9.13 Å². The van der Waals surface area contributed by atoms with Crippen molar-refractivity contribution in [2.75, 3.05) is 25.9 Å². The molecule has 33 heavy (non-hydrogen) atoms. The Bertz CT molecular complexity index is 1100. The molecular formula is C24H28FN7O. The number of nitrogen functional groups attached to an aromatic ring is 1. The quantitative estimate of drug-likeness (QED) is 0.263. The molecule has 4 N–H and O–H groups in total. The van der Waals surface area contributed by atoms with Crippen molar-refractivity contribution in [2.45, 2.75) is 25.9 Å². The first kappa shape index (κ1) is 23.6. The van der Waals surface area contributed by atoms with Crippen molar-refractivity contribution >= 4 is 11.8 Å². The van der Waals surface area contributed by atoms with E-state index in [1.807, 2.05) is 37.3 Å². The van der Waals surface area contributed by atoms with Gasteiger partial charge in [-0.25, -0.2) is 9.07 Å².